The minimum atomic E-state index is 0. The van der Waals surface area contributed by atoms with Crippen LogP contribution in [-0.4, -0.2) is 79.6 Å². The quantitative estimate of drug-likeness (QED) is 0.375. The molecule has 1 aromatic rings. The van der Waals surface area contributed by atoms with Gasteiger partial charge in [0, 0.05) is 52.4 Å². The number of hydrogen-bond acceptors (Lipinski definition) is 3. The van der Waals surface area contributed by atoms with Gasteiger partial charge in [-0.3, -0.25) is 9.89 Å². The van der Waals surface area contributed by atoms with Gasteiger partial charge in [-0.2, -0.15) is 0 Å². The Labute approximate surface area is 176 Å². The molecule has 0 spiro atoms. The van der Waals surface area contributed by atoms with E-state index >= 15 is 0 Å². The summed E-state index contributed by atoms with van der Waals surface area (Å²) in [4.78, 5) is 12.2. The van der Waals surface area contributed by atoms with Crippen molar-refractivity contribution in [3.63, 3.8) is 0 Å². The summed E-state index contributed by atoms with van der Waals surface area (Å²) >= 11 is 0. The smallest absolute Gasteiger partial charge is 0.194 e. The van der Waals surface area contributed by atoms with Crippen molar-refractivity contribution >= 4 is 29.9 Å². The highest BCUT2D eigenvalue weighted by Gasteiger charge is 2.20. The monoisotopic (exact) mass is 473 g/mol. The Morgan fingerprint density at radius 1 is 1.15 bits per heavy atom. The maximum absolute atomic E-state index is 4.90. The molecule has 0 radical (unpaired) electrons. The zero-order valence-electron chi connectivity index (χ0n) is 16.8. The number of nitrogens with one attached hydrogen (secondary N) is 1. The SMILES string of the molecule is CCNC(=NCC(C)N1CCN(CC)CC1)N(C)Cc1ccccc1.I. The second-order valence-electron chi connectivity index (χ2n) is 6.86. The average molecular weight is 473 g/mol. The van der Waals surface area contributed by atoms with Gasteiger partial charge in [0.2, 0.25) is 0 Å². The zero-order chi connectivity index (χ0) is 18.1. The summed E-state index contributed by atoms with van der Waals surface area (Å²) in [5.41, 5.74) is 1.30. The van der Waals surface area contributed by atoms with E-state index in [-0.39, 0.29) is 24.0 Å². The fourth-order valence-electron chi connectivity index (χ4n) is 3.26. The summed E-state index contributed by atoms with van der Waals surface area (Å²) in [6, 6.07) is 11.0. The highest BCUT2D eigenvalue weighted by atomic mass is 127. The molecule has 26 heavy (non-hydrogen) atoms. The van der Waals surface area contributed by atoms with E-state index in [0.29, 0.717) is 6.04 Å². The Balaban J connectivity index is 0.00000338. The van der Waals surface area contributed by atoms with Gasteiger partial charge in [0.25, 0.3) is 0 Å². The van der Waals surface area contributed by atoms with Crippen LogP contribution in [0.25, 0.3) is 0 Å². The molecule has 0 bridgehead atoms. The van der Waals surface area contributed by atoms with E-state index in [0.717, 1.165) is 45.2 Å². The predicted molar refractivity (Wildman–Crippen MR) is 122 cm³/mol. The molecule has 1 aliphatic heterocycles. The van der Waals surface area contributed by atoms with E-state index in [4.69, 9.17) is 4.99 Å². The predicted octanol–water partition coefficient (Wildman–Crippen LogP) is 2.73. The zero-order valence-corrected chi connectivity index (χ0v) is 19.1. The molecule has 1 atom stereocenters. The highest BCUT2D eigenvalue weighted by Crippen LogP contribution is 2.07. The van der Waals surface area contributed by atoms with Crippen molar-refractivity contribution in [3.05, 3.63) is 35.9 Å². The van der Waals surface area contributed by atoms with Gasteiger partial charge in [0.15, 0.2) is 5.96 Å². The maximum atomic E-state index is 4.90. The summed E-state index contributed by atoms with van der Waals surface area (Å²) in [6.07, 6.45) is 0. The number of hydrogen-bond donors (Lipinski definition) is 1. The molecule has 1 heterocycles. The molecule has 148 valence electrons. The van der Waals surface area contributed by atoms with Crippen LogP contribution < -0.4 is 5.32 Å². The van der Waals surface area contributed by atoms with Crippen molar-refractivity contribution in [1.29, 1.82) is 0 Å². The Morgan fingerprint density at radius 3 is 2.38 bits per heavy atom. The van der Waals surface area contributed by atoms with Gasteiger partial charge in [-0.1, -0.05) is 37.3 Å². The molecule has 1 fully saturated rings. The minimum absolute atomic E-state index is 0. The van der Waals surface area contributed by atoms with Crippen LogP contribution in [0.1, 0.15) is 26.3 Å². The van der Waals surface area contributed by atoms with Crippen LogP contribution in [0.3, 0.4) is 0 Å². The van der Waals surface area contributed by atoms with E-state index < -0.39 is 0 Å². The maximum Gasteiger partial charge on any atom is 0.194 e. The molecule has 5 nitrogen and oxygen atoms in total. The third-order valence-electron chi connectivity index (χ3n) is 4.94. The lowest BCUT2D eigenvalue weighted by atomic mass is 10.2. The van der Waals surface area contributed by atoms with E-state index in [1.54, 1.807) is 0 Å². The van der Waals surface area contributed by atoms with Crippen molar-refractivity contribution in [1.82, 2.24) is 20.0 Å². The summed E-state index contributed by atoms with van der Waals surface area (Å²) in [7, 11) is 2.11. The number of piperazine rings is 1. The second-order valence-corrected chi connectivity index (χ2v) is 6.86. The van der Waals surface area contributed by atoms with Crippen LogP contribution in [-0.2, 0) is 6.54 Å². The van der Waals surface area contributed by atoms with Crippen molar-refractivity contribution in [2.45, 2.75) is 33.4 Å². The molecule has 0 amide bonds. The van der Waals surface area contributed by atoms with E-state index in [2.05, 4.69) is 78.2 Å². The number of nitrogens with zero attached hydrogens (tertiary/aromatic N) is 4. The minimum Gasteiger partial charge on any atom is -0.357 e. The van der Waals surface area contributed by atoms with Crippen molar-refractivity contribution in [2.24, 2.45) is 4.99 Å². The molecular weight excluding hydrogens is 437 g/mol. The van der Waals surface area contributed by atoms with E-state index in [1.165, 1.54) is 18.7 Å². The number of benzene rings is 1. The molecular formula is C20H36IN5. The summed E-state index contributed by atoms with van der Waals surface area (Å²) in [6.45, 7) is 15.1. The Bertz CT molecular complexity index is 514. The first-order valence-corrected chi connectivity index (χ1v) is 9.63. The Kier molecular flexibility index (Phi) is 11.2. The van der Waals surface area contributed by atoms with Crippen molar-refractivity contribution in [2.75, 3.05) is 52.9 Å². The van der Waals surface area contributed by atoms with Gasteiger partial charge in [0.05, 0.1) is 6.54 Å². The van der Waals surface area contributed by atoms with Gasteiger partial charge in [-0.05, 0) is 26.0 Å². The first-order chi connectivity index (χ1) is 12.1. The van der Waals surface area contributed by atoms with Crippen LogP contribution in [0.4, 0.5) is 0 Å². The van der Waals surface area contributed by atoms with Crippen molar-refractivity contribution in [3.8, 4) is 0 Å². The third-order valence-corrected chi connectivity index (χ3v) is 4.94. The number of guanidine groups is 1. The summed E-state index contributed by atoms with van der Waals surface area (Å²) in [5, 5.41) is 3.43. The molecule has 1 saturated heterocycles. The largest absolute Gasteiger partial charge is 0.357 e. The molecule has 0 aromatic heterocycles. The molecule has 0 aliphatic carbocycles. The summed E-state index contributed by atoms with van der Waals surface area (Å²) < 4.78 is 0. The lowest BCUT2D eigenvalue weighted by Crippen LogP contribution is -2.50. The molecule has 1 N–H and O–H groups in total. The molecule has 1 aromatic carbocycles. The van der Waals surface area contributed by atoms with Gasteiger partial charge < -0.3 is 15.1 Å². The third kappa shape index (κ3) is 7.40. The number of aliphatic imine (C=N–C) groups is 1. The first-order valence-electron chi connectivity index (χ1n) is 9.63. The summed E-state index contributed by atoms with van der Waals surface area (Å²) in [5.74, 6) is 0.991. The van der Waals surface area contributed by atoms with Gasteiger partial charge in [-0.25, -0.2) is 0 Å². The van der Waals surface area contributed by atoms with Crippen molar-refractivity contribution < 1.29 is 0 Å². The molecule has 1 aliphatic rings. The van der Waals surface area contributed by atoms with Crippen LogP contribution in [0.2, 0.25) is 0 Å². The average Bonchev–Trinajstić information content (AvgIpc) is 2.65. The molecule has 6 heteroatoms. The van der Waals surface area contributed by atoms with Crippen LogP contribution in [0.15, 0.2) is 35.3 Å². The Hall–Kier alpha value is -0.860. The standard InChI is InChI=1S/C20H35N5.HI/c1-5-21-20(23(4)17-19-10-8-7-9-11-19)22-16-18(3)25-14-12-24(6-2)13-15-25;/h7-11,18H,5-6,12-17H2,1-4H3,(H,21,22);1H. The lowest BCUT2D eigenvalue weighted by Gasteiger charge is -2.37. The van der Waals surface area contributed by atoms with Gasteiger partial charge in [-0.15, -0.1) is 24.0 Å². The number of halogens is 1. The van der Waals surface area contributed by atoms with Gasteiger partial charge in [0.1, 0.15) is 0 Å². The normalized spacial score (nSPS) is 17.5. The molecule has 2 rings (SSSR count). The lowest BCUT2D eigenvalue weighted by molar-refractivity contribution is 0.109. The van der Waals surface area contributed by atoms with Crippen LogP contribution in [0.5, 0.6) is 0 Å². The fourth-order valence-corrected chi connectivity index (χ4v) is 3.26. The number of likely N-dealkylation sites (N-methyl/N-ethyl adjacent to an activating group) is 1. The highest BCUT2D eigenvalue weighted by molar-refractivity contribution is 14.0. The van der Waals surface area contributed by atoms with Crippen LogP contribution >= 0.6 is 24.0 Å². The van der Waals surface area contributed by atoms with Crippen LogP contribution in [0, 0.1) is 0 Å². The van der Waals surface area contributed by atoms with E-state index in [9.17, 15) is 0 Å². The fraction of sp³-hybridized carbons (Fsp3) is 0.650. The van der Waals surface area contributed by atoms with Gasteiger partial charge >= 0.3 is 0 Å². The topological polar surface area (TPSA) is 34.1 Å². The molecule has 1 unspecified atom stereocenters. The Morgan fingerprint density at radius 2 is 1.81 bits per heavy atom. The van der Waals surface area contributed by atoms with E-state index in [1.807, 2.05) is 0 Å². The molecule has 0 saturated carbocycles. The second kappa shape index (κ2) is 12.5. The number of rotatable bonds is 7. The first kappa shape index (κ1) is 23.2.